The predicted octanol–water partition coefficient (Wildman–Crippen LogP) is 1.15. The van der Waals surface area contributed by atoms with Crippen molar-refractivity contribution in [2.75, 3.05) is 6.54 Å². The van der Waals surface area contributed by atoms with Crippen LogP contribution in [0.2, 0.25) is 0 Å². The van der Waals surface area contributed by atoms with E-state index in [2.05, 4.69) is 11.2 Å². The fraction of sp³-hybridized carbons (Fsp3) is 0.385. The van der Waals surface area contributed by atoms with Crippen molar-refractivity contribution < 1.29 is 13.0 Å². The Morgan fingerprint density at radius 3 is 2.89 bits per heavy atom. The number of benzene rings is 1. The maximum absolute atomic E-state index is 11.5. The van der Waals surface area contributed by atoms with Crippen LogP contribution in [0.5, 0.6) is 0 Å². The van der Waals surface area contributed by atoms with Gasteiger partial charge in [0.2, 0.25) is 0 Å². The lowest BCUT2D eigenvalue weighted by atomic mass is 10.0. The molecule has 1 aromatic rings. The summed E-state index contributed by atoms with van der Waals surface area (Å²) in [5, 5.41) is 1.69. The first-order valence-electron chi connectivity index (χ1n) is 5.75. The highest BCUT2D eigenvalue weighted by Gasteiger charge is 2.36. The molecule has 0 bridgehead atoms. The summed E-state index contributed by atoms with van der Waals surface area (Å²) in [6.07, 6.45) is 6.64. The van der Waals surface area contributed by atoms with E-state index in [1.165, 1.54) is 0 Å². The molecule has 1 aliphatic carbocycles. The van der Waals surface area contributed by atoms with E-state index >= 15 is 0 Å². The van der Waals surface area contributed by atoms with Crippen molar-refractivity contribution in [3.63, 3.8) is 0 Å². The second-order valence-electron chi connectivity index (χ2n) is 4.36. The molecule has 5 heteroatoms. The Morgan fingerprint density at radius 2 is 2.22 bits per heavy atom. The Labute approximate surface area is 107 Å². The van der Waals surface area contributed by atoms with Crippen molar-refractivity contribution in [2.24, 2.45) is 0 Å². The molecule has 1 unspecified atom stereocenters. The average molecular weight is 265 g/mol. The lowest BCUT2D eigenvalue weighted by molar-refractivity contribution is 0.430. The summed E-state index contributed by atoms with van der Waals surface area (Å²) in [6, 6.07) is 7.69. The zero-order valence-corrected chi connectivity index (χ0v) is 10.7. The Hall–Kier alpha value is -1.35. The summed E-state index contributed by atoms with van der Waals surface area (Å²) >= 11 is 0. The molecule has 0 heterocycles. The summed E-state index contributed by atoms with van der Waals surface area (Å²) in [7, 11) is -4.17. The monoisotopic (exact) mass is 265 g/mol. The topological polar surface area (TPSA) is 66.4 Å². The molecule has 2 N–H and O–H groups in total. The third-order valence-electron chi connectivity index (χ3n) is 3.27. The van der Waals surface area contributed by atoms with Gasteiger partial charge in [0.25, 0.3) is 10.1 Å². The second-order valence-corrected chi connectivity index (χ2v) is 5.90. The lowest BCUT2D eigenvalue weighted by Gasteiger charge is -2.22. The number of nitrogens with one attached hydrogen (secondary N) is 1. The van der Waals surface area contributed by atoms with Crippen molar-refractivity contribution in [1.82, 2.24) is 5.32 Å². The molecule has 96 valence electrons. The standard InChI is InChI=1S/C13H15NO3S/c1-2-9-14-13(18(15,16)17)12-8-7-10-5-3-4-6-11(10)12/h1,3-6,12-14H,7-9H2,(H,15,16,17)/t12?,13-/m1/s1. The lowest BCUT2D eigenvalue weighted by Crippen LogP contribution is -2.41. The Balaban J connectivity index is 2.32. The molecule has 2 atom stereocenters. The van der Waals surface area contributed by atoms with Crippen LogP contribution in [-0.2, 0) is 16.5 Å². The molecule has 1 aromatic carbocycles. The minimum atomic E-state index is -4.17. The quantitative estimate of drug-likeness (QED) is 0.633. The smallest absolute Gasteiger partial charge is 0.281 e. The summed E-state index contributed by atoms with van der Waals surface area (Å²) in [5.41, 5.74) is 2.11. The number of rotatable bonds is 4. The Morgan fingerprint density at radius 1 is 1.50 bits per heavy atom. The SMILES string of the molecule is C#CCN[C@@H](C1CCc2ccccc21)S(=O)(=O)O. The van der Waals surface area contributed by atoms with Gasteiger partial charge in [-0.05, 0) is 24.0 Å². The van der Waals surface area contributed by atoms with E-state index in [1.807, 2.05) is 24.3 Å². The zero-order chi connectivity index (χ0) is 13.2. The van der Waals surface area contributed by atoms with Crippen LogP contribution >= 0.6 is 0 Å². The van der Waals surface area contributed by atoms with Crippen LogP contribution in [0.15, 0.2) is 24.3 Å². The van der Waals surface area contributed by atoms with Crippen molar-refractivity contribution in [2.45, 2.75) is 24.1 Å². The minimum Gasteiger partial charge on any atom is -0.288 e. The molecule has 0 spiro atoms. The van der Waals surface area contributed by atoms with Crippen molar-refractivity contribution in [3.05, 3.63) is 35.4 Å². The van der Waals surface area contributed by atoms with Gasteiger partial charge in [0.15, 0.2) is 0 Å². The van der Waals surface area contributed by atoms with Crippen molar-refractivity contribution in [1.29, 1.82) is 0 Å². The van der Waals surface area contributed by atoms with Gasteiger partial charge in [0.1, 0.15) is 5.37 Å². The molecule has 0 fully saturated rings. The molecule has 0 saturated heterocycles. The fourth-order valence-corrected chi connectivity index (χ4v) is 3.51. The molecule has 0 saturated carbocycles. The first kappa shape index (κ1) is 13.1. The van der Waals surface area contributed by atoms with Gasteiger partial charge in [-0.15, -0.1) is 6.42 Å². The van der Waals surface area contributed by atoms with Crippen LogP contribution in [0.4, 0.5) is 0 Å². The molecule has 2 rings (SSSR count). The van der Waals surface area contributed by atoms with Gasteiger partial charge in [0, 0.05) is 5.92 Å². The average Bonchev–Trinajstić information content (AvgIpc) is 2.72. The van der Waals surface area contributed by atoms with E-state index in [0.29, 0.717) is 6.42 Å². The zero-order valence-electron chi connectivity index (χ0n) is 9.83. The van der Waals surface area contributed by atoms with Crippen LogP contribution in [0.25, 0.3) is 0 Å². The van der Waals surface area contributed by atoms with Crippen molar-refractivity contribution in [3.8, 4) is 12.3 Å². The summed E-state index contributed by atoms with van der Waals surface area (Å²) in [4.78, 5) is 0. The van der Waals surface area contributed by atoms with E-state index in [1.54, 1.807) is 0 Å². The molecular weight excluding hydrogens is 250 g/mol. The summed E-state index contributed by atoms with van der Waals surface area (Å²) < 4.78 is 32.2. The van der Waals surface area contributed by atoms with Gasteiger partial charge in [-0.2, -0.15) is 8.42 Å². The van der Waals surface area contributed by atoms with Crippen LogP contribution in [-0.4, -0.2) is 24.9 Å². The number of hydrogen-bond acceptors (Lipinski definition) is 3. The highest BCUT2D eigenvalue weighted by molar-refractivity contribution is 7.86. The van der Waals surface area contributed by atoms with Gasteiger partial charge < -0.3 is 0 Å². The molecule has 4 nitrogen and oxygen atoms in total. The third-order valence-corrected chi connectivity index (χ3v) is 4.41. The molecular formula is C13H15NO3S. The Kier molecular flexibility index (Phi) is 3.71. The third kappa shape index (κ3) is 2.56. The van der Waals surface area contributed by atoms with Crippen LogP contribution < -0.4 is 5.32 Å². The number of terminal acetylenes is 1. The normalized spacial score (nSPS) is 20.1. The van der Waals surface area contributed by atoms with Crippen LogP contribution in [0.3, 0.4) is 0 Å². The largest absolute Gasteiger partial charge is 0.288 e. The van der Waals surface area contributed by atoms with E-state index < -0.39 is 15.5 Å². The van der Waals surface area contributed by atoms with Gasteiger partial charge in [-0.3, -0.25) is 9.87 Å². The molecule has 1 aliphatic rings. The molecule has 18 heavy (non-hydrogen) atoms. The number of fused-ring (bicyclic) bond motifs is 1. The highest BCUT2D eigenvalue weighted by Crippen LogP contribution is 2.36. The molecule has 0 aromatic heterocycles. The maximum atomic E-state index is 11.5. The maximum Gasteiger partial charge on any atom is 0.281 e. The predicted molar refractivity (Wildman–Crippen MR) is 69.7 cm³/mol. The van der Waals surface area contributed by atoms with Crippen LogP contribution in [0, 0.1) is 12.3 Å². The number of aryl methyl sites for hydroxylation is 1. The van der Waals surface area contributed by atoms with Gasteiger partial charge in [-0.25, -0.2) is 0 Å². The van der Waals surface area contributed by atoms with Gasteiger partial charge >= 0.3 is 0 Å². The number of hydrogen-bond donors (Lipinski definition) is 2. The summed E-state index contributed by atoms with van der Waals surface area (Å²) in [6.45, 7) is 0.114. The molecule has 0 aliphatic heterocycles. The fourth-order valence-electron chi connectivity index (χ4n) is 2.52. The van der Waals surface area contributed by atoms with Gasteiger partial charge in [0.05, 0.1) is 6.54 Å². The van der Waals surface area contributed by atoms with Gasteiger partial charge in [-0.1, -0.05) is 30.2 Å². The van der Waals surface area contributed by atoms with E-state index in [4.69, 9.17) is 6.42 Å². The molecule has 0 amide bonds. The highest BCUT2D eigenvalue weighted by atomic mass is 32.2. The summed E-state index contributed by atoms with van der Waals surface area (Å²) in [5.74, 6) is 2.09. The van der Waals surface area contributed by atoms with Crippen molar-refractivity contribution >= 4 is 10.1 Å². The van der Waals surface area contributed by atoms with E-state index in [-0.39, 0.29) is 12.5 Å². The second kappa shape index (κ2) is 5.11. The minimum absolute atomic E-state index is 0.114. The van der Waals surface area contributed by atoms with E-state index in [0.717, 1.165) is 17.5 Å². The Bertz CT molecular complexity index is 574. The first-order chi connectivity index (χ1) is 8.54. The van der Waals surface area contributed by atoms with E-state index in [9.17, 15) is 13.0 Å². The van der Waals surface area contributed by atoms with Crippen LogP contribution in [0.1, 0.15) is 23.5 Å². The first-order valence-corrected chi connectivity index (χ1v) is 7.25. The molecule has 0 radical (unpaired) electrons.